The number of carbonyl (C=O) groups is 3. The number of hydrogen-bond acceptors (Lipinski definition) is 5. The van der Waals surface area contributed by atoms with Gasteiger partial charge in [0.15, 0.2) is 5.92 Å². The highest BCUT2D eigenvalue weighted by Gasteiger charge is 2.38. The third kappa shape index (κ3) is 3.91. The van der Waals surface area contributed by atoms with E-state index in [0.29, 0.717) is 0 Å². The van der Waals surface area contributed by atoms with Crippen molar-refractivity contribution in [2.45, 2.75) is 19.3 Å². The summed E-state index contributed by atoms with van der Waals surface area (Å²) in [7, 11) is 2.40. The lowest BCUT2D eigenvalue weighted by molar-refractivity contribution is -0.160. The van der Waals surface area contributed by atoms with E-state index >= 15 is 0 Å². The van der Waals surface area contributed by atoms with Gasteiger partial charge in [0, 0.05) is 12.3 Å². The fourth-order valence-electron chi connectivity index (χ4n) is 2.12. The van der Waals surface area contributed by atoms with Crippen LogP contribution in [0.1, 0.15) is 24.8 Å². The number of benzene rings is 1. The molecule has 20 heavy (non-hydrogen) atoms. The zero-order valence-electron chi connectivity index (χ0n) is 11.8. The van der Waals surface area contributed by atoms with Gasteiger partial charge in [-0.3, -0.25) is 9.59 Å². The van der Waals surface area contributed by atoms with Gasteiger partial charge in [0.05, 0.1) is 14.2 Å². The SMILES string of the molecule is COC(=O)C(C(=O)OC)C(CC(C)=O)c1ccccc1. The van der Waals surface area contributed by atoms with Crippen LogP contribution in [0.3, 0.4) is 0 Å². The number of carbonyl (C=O) groups excluding carboxylic acids is 3. The highest BCUT2D eigenvalue weighted by molar-refractivity contribution is 5.96. The second-order valence-electron chi connectivity index (χ2n) is 4.45. The molecule has 0 amide bonds. The maximum Gasteiger partial charge on any atom is 0.320 e. The van der Waals surface area contributed by atoms with Gasteiger partial charge in [-0.15, -0.1) is 0 Å². The van der Waals surface area contributed by atoms with E-state index < -0.39 is 23.8 Å². The van der Waals surface area contributed by atoms with Gasteiger partial charge in [0.2, 0.25) is 0 Å². The van der Waals surface area contributed by atoms with Crippen molar-refractivity contribution in [1.82, 2.24) is 0 Å². The second kappa shape index (κ2) is 7.43. The number of rotatable bonds is 6. The molecule has 0 spiro atoms. The van der Waals surface area contributed by atoms with Gasteiger partial charge >= 0.3 is 11.9 Å². The Morgan fingerprint density at radius 2 is 1.50 bits per heavy atom. The molecule has 0 radical (unpaired) electrons. The molecule has 0 aliphatic rings. The Balaban J connectivity index is 3.21. The number of Topliss-reactive ketones (excluding diaryl/α,β-unsaturated/α-hetero) is 1. The summed E-state index contributed by atoms with van der Waals surface area (Å²) in [5, 5.41) is 0. The number of ketones is 1. The molecule has 1 aromatic carbocycles. The van der Waals surface area contributed by atoms with Gasteiger partial charge in [-0.1, -0.05) is 30.3 Å². The maximum absolute atomic E-state index is 11.9. The molecular weight excluding hydrogens is 260 g/mol. The van der Waals surface area contributed by atoms with Crippen molar-refractivity contribution in [3.63, 3.8) is 0 Å². The standard InChI is InChI=1S/C15H18O5/c1-10(16)9-12(11-7-5-4-6-8-11)13(14(17)19-2)15(18)20-3/h4-8,12-13H,9H2,1-3H3. The van der Waals surface area contributed by atoms with Crippen LogP contribution in [0.2, 0.25) is 0 Å². The first-order valence-electron chi connectivity index (χ1n) is 6.21. The van der Waals surface area contributed by atoms with Crippen molar-refractivity contribution in [1.29, 1.82) is 0 Å². The molecule has 0 aliphatic heterocycles. The minimum Gasteiger partial charge on any atom is -0.468 e. The van der Waals surface area contributed by atoms with E-state index in [9.17, 15) is 14.4 Å². The molecule has 1 unspecified atom stereocenters. The first-order chi connectivity index (χ1) is 9.51. The van der Waals surface area contributed by atoms with Crippen LogP contribution in [-0.4, -0.2) is 31.9 Å². The van der Waals surface area contributed by atoms with E-state index in [0.717, 1.165) is 5.56 Å². The summed E-state index contributed by atoms with van der Waals surface area (Å²) in [6.07, 6.45) is 0.0683. The van der Waals surface area contributed by atoms with E-state index in [2.05, 4.69) is 9.47 Å². The molecule has 0 bridgehead atoms. The molecule has 0 aromatic heterocycles. The van der Waals surface area contributed by atoms with Gasteiger partial charge < -0.3 is 14.3 Å². The van der Waals surface area contributed by atoms with Crippen LogP contribution < -0.4 is 0 Å². The molecule has 108 valence electrons. The summed E-state index contributed by atoms with van der Waals surface area (Å²) in [4.78, 5) is 35.2. The van der Waals surface area contributed by atoms with Crippen LogP contribution in [-0.2, 0) is 23.9 Å². The average Bonchev–Trinajstić information content (AvgIpc) is 2.46. The Bertz CT molecular complexity index is 464. The summed E-state index contributed by atoms with van der Waals surface area (Å²) in [5.74, 6) is -3.25. The highest BCUT2D eigenvalue weighted by Crippen LogP contribution is 2.30. The third-order valence-electron chi connectivity index (χ3n) is 3.05. The van der Waals surface area contributed by atoms with Crippen molar-refractivity contribution in [3.8, 4) is 0 Å². The van der Waals surface area contributed by atoms with E-state index in [4.69, 9.17) is 0 Å². The first kappa shape index (κ1) is 15.9. The topological polar surface area (TPSA) is 69.7 Å². The van der Waals surface area contributed by atoms with Crippen LogP contribution in [0.15, 0.2) is 30.3 Å². The fraction of sp³-hybridized carbons (Fsp3) is 0.400. The normalized spacial score (nSPS) is 11.8. The Morgan fingerprint density at radius 3 is 1.90 bits per heavy atom. The molecule has 1 atom stereocenters. The van der Waals surface area contributed by atoms with Crippen molar-refractivity contribution in [2.24, 2.45) is 5.92 Å². The number of hydrogen-bond donors (Lipinski definition) is 0. The van der Waals surface area contributed by atoms with Crippen molar-refractivity contribution >= 4 is 17.7 Å². The van der Waals surface area contributed by atoms with Gasteiger partial charge in [-0.05, 0) is 12.5 Å². The van der Waals surface area contributed by atoms with Crippen molar-refractivity contribution < 1.29 is 23.9 Å². The molecule has 0 heterocycles. The molecule has 1 aromatic rings. The Kier molecular flexibility index (Phi) is 5.90. The average molecular weight is 278 g/mol. The van der Waals surface area contributed by atoms with Gasteiger partial charge in [-0.25, -0.2) is 0 Å². The Labute approximate surface area is 117 Å². The lowest BCUT2D eigenvalue weighted by Gasteiger charge is -2.22. The van der Waals surface area contributed by atoms with E-state index in [1.807, 2.05) is 6.07 Å². The zero-order valence-corrected chi connectivity index (χ0v) is 11.8. The van der Waals surface area contributed by atoms with Crippen LogP contribution in [0.5, 0.6) is 0 Å². The van der Waals surface area contributed by atoms with Crippen LogP contribution in [0.4, 0.5) is 0 Å². The predicted molar refractivity (Wildman–Crippen MR) is 72.0 cm³/mol. The van der Waals surface area contributed by atoms with Gasteiger partial charge in [0.25, 0.3) is 0 Å². The maximum atomic E-state index is 11.9. The summed E-state index contributed by atoms with van der Waals surface area (Å²) in [6, 6.07) is 8.93. The van der Waals surface area contributed by atoms with Gasteiger partial charge in [0.1, 0.15) is 5.78 Å². The van der Waals surface area contributed by atoms with E-state index in [1.54, 1.807) is 24.3 Å². The van der Waals surface area contributed by atoms with Gasteiger partial charge in [-0.2, -0.15) is 0 Å². The second-order valence-corrected chi connectivity index (χ2v) is 4.45. The smallest absolute Gasteiger partial charge is 0.320 e. The summed E-state index contributed by atoms with van der Waals surface area (Å²) in [6.45, 7) is 1.42. The Morgan fingerprint density at radius 1 is 1.00 bits per heavy atom. The molecule has 0 fully saturated rings. The van der Waals surface area contributed by atoms with Crippen LogP contribution in [0.25, 0.3) is 0 Å². The van der Waals surface area contributed by atoms with Crippen LogP contribution in [0, 0.1) is 5.92 Å². The number of ether oxygens (including phenoxy) is 2. The first-order valence-corrected chi connectivity index (χ1v) is 6.21. The number of methoxy groups -OCH3 is 2. The van der Waals surface area contributed by atoms with Crippen molar-refractivity contribution in [2.75, 3.05) is 14.2 Å². The molecule has 0 N–H and O–H groups in total. The molecule has 5 heteroatoms. The van der Waals surface area contributed by atoms with Crippen LogP contribution >= 0.6 is 0 Å². The summed E-state index contributed by atoms with van der Waals surface area (Å²) < 4.78 is 9.34. The zero-order chi connectivity index (χ0) is 15.1. The minimum atomic E-state index is -1.14. The predicted octanol–water partition coefficient (Wildman–Crippen LogP) is 1.71. The molecule has 0 aliphatic carbocycles. The van der Waals surface area contributed by atoms with E-state index in [1.165, 1.54) is 21.1 Å². The van der Waals surface area contributed by atoms with E-state index in [-0.39, 0.29) is 12.2 Å². The molecule has 5 nitrogen and oxygen atoms in total. The number of esters is 2. The largest absolute Gasteiger partial charge is 0.468 e. The monoisotopic (exact) mass is 278 g/mol. The quantitative estimate of drug-likeness (QED) is 0.585. The molecule has 0 saturated carbocycles. The Hall–Kier alpha value is -2.17. The molecule has 1 rings (SSSR count). The lowest BCUT2D eigenvalue weighted by atomic mass is 9.82. The molecular formula is C15H18O5. The summed E-state index contributed by atoms with van der Waals surface area (Å²) >= 11 is 0. The highest BCUT2D eigenvalue weighted by atomic mass is 16.5. The van der Waals surface area contributed by atoms with Crippen molar-refractivity contribution in [3.05, 3.63) is 35.9 Å². The minimum absolute atomic E-state index is 0.0683. The molecule has 0 saturated heterocycles. The fourth-order valence-corrected chi connectivity index (χ4v) is 2.12. The lowest BCUT2D eigenvalue weighted by Crippen LogP contribution is -2.33. The third-order valence-corrected chi connectivity index (χ3v) is 3.05. The summed E-state index contributed by atoms with van der Waals surface area (Å²) in [5.41, 5.74) is 0.725.